The fourth-order valence-corrected chi connectivity index (χ4v) is 2.18. The van der Waals surface area contributed by atoms with Crippen LogP contribution in [-0.2, 0) is 5.75 Å². The summed E-state index contributed by atoms with van der Waals surface area (Å²) >= 11 is 1.59. The Bertz CT molecular complexity index is 518. The van der Waals surface area contributed by atoms with Gasteiger partial charge in [-0.3, -0.25) is 10.2 Å². The SMILES string of the molecule is Cc1occc1SCc1cc(C(=O)NN)co1. The van der Waals surface area contributed by atoms with E-state index in [9.17, 15) is 4.79 Å². The molecule has 0 saturated heterocycles. The van der Waals surface area contributed by atoms with E-state index in [-0.39, 0.29) is 5.91 Å². The Morgan fingerprint density at radius 2 is 2.35 bits per heavy atom. The van der Waals surface area contributed by atoms with Gasteiger partial charge >= 0.3 is 0 Å². The van der Waals surface area contributed by atoms with Gasteiger partial charge in [0.1, 0.15) is 17.8 Å². The molecule has 90 valence electrons. The third-order valence-corrected chi connectivity index (χ3v) is 3.39. The van der Waals surface area contributed by atoms with Crippen LogP contribution >= 0.6 is 11.8 Å². The number of aryl methyl sites for hydroxylation is 1. The number of thioether (sulfide) groups is 1. The normalized spacial score (nSPS) is 10.5. The zero-order chi connectivity index (χ0) is 12.3. The smallest absolute Gasteiger partial charge is 0.268 e. The van der Waals surface area contributed by atoms with Crippen molar-refractivity contribution in [2.75, 3.05) is 0 Å². The Morgan fingerprint density at radius 3 is 3.00 bits per heavy atom. The van der Waals surface area contributed by atoms with E-state index in [0.29, 0.717) is 17.1 Å². The summed E-state index contributed by atoms with van der Waals surface area (Å²) in [6.45, 7) is 1.90. The van der Waals surface area contributed by atoms with Crippen LogP contribution in [0.25, 0.3) is 0 Å². The Labute approximate surface area is 102 Å². The van der Waals surface area contributed by atoms with Crippen molar-refractivity contribution < 1.29 is 13.6 Å². The molecule has 0 spiro atoms. The average Bonchev–Trinajstić information content (AvgIpc) is 2.94. The van der Waals surface area contributed by atoms with Gasteiger partial charge in [-0.1, -0.05) is 0 Å². The first-order valence-corrected chi connectivity index (χ1v) is 5.94. The second-order valence-corrected chi connectivity index (χ2v) is 4.42. The van der Waals surface area contributed by atoms with E-state index in [1.165, 1.54) is 6.26 Å². The van der Waals surface area contributed by atoms with Crippen LogP contribution in [0.5, 0.6) is 0 Å². The molecule has 2 rings (SSSR count). The summed E-state index contributed by atoms with van der Waals surface area (Å²) in [6.07, 6.45) is 3.04. The van der Waals surface area contributed by atoms with Crippen LogP contribution in [0.3, 0.4) is 0 Å². The number of amides is 1. The van der Waals surface area contributed by atoms with Gasteiger partial charge in [0, 0.05) is 4.90 Å². The number of rotatable bonds is 4. The van der Waals surface area contributed by atoms with Gasteiger partial charge in [-0.25, -0.2) is 5.84 Å². The number of furan rings is 2. The van der Waals surface area contributed by atoms with Crippen molar-refractivity contribution >= 4 is 17.7 Å². The lowest BCUT2D eigenvalue weighted by Gasteiger charge is -1.96. The fourth-order valence-electron chi connectivity index (χ4n) is 1.33. The number of hydrazine groups is 1. The highest BCUT2D eigenvalue weighted by molar-refractivity contribution is 7.98. The Hall–Kier alpha value is -1.66. The lowest BCUT2D eigenvalue weighted by Crippen LogP contribution is -2.29. The number of carbonyl (C=O) groups is 1. The molecule has 0 fully saturated rings. The summed E-state index contributed by atoms with van der Waals surface area (Å²) in [4.78, 5) is 12.3. The van der Waals surface area contributed by atoms with Crippen molar-refractivity contribution in [1.29, 1.82) is 0 Å². The molecule has 0 aliphatic heterocycles. The van der Waals surface area contributed by atoms with E-state index in [0.717, 1.165) is 10.7 Å². The quantitative estimate of drug-likeness (QED) is 0.377. The first-order chi connectivity index (χ1) is 8.20. The van der Waals surface area contributed by atoms with E-state index in [1.807, 2.05) is 13.0 Å². The Morgan fingerprint density at radius 1 is 1.53 bits per heavy atom. The summed E-state index contributed by atoms with van der Waals surface area (Å²) in [5.74, 6) is 6.90. The number of nitrogens with one attached hydrogen (secondary N) is 1. The number of hydrogen-bond acceptors (Lipinski definition) is 5. The molecule has 0 saturated carbocycles. The van der Waals surface area contributed by atoms with Crippen LogP contribution < -0.4 is 11.3 Å². The lowest BCUT2D eigenvalue weighted by atomic mass is 10.3. The second-order valence-electron chi connectivity index (χ2n) is 3.40. The summed E-state index contributed by atoms with van der Waals surface area (Å²) in [5.41, 5.74) is 2.48. The van der Waals surface area contributed by atoms with Crippen LogP contribution in [0, 0.1) is 6.92 Å². The van der Waals surface area contributed by atoms with E-state index in [1.54, 1.807) is 24.1 Å². The number of nitrogen functional groups attached to an aromatic ring is 1. The van der Waals surface area contributed by atoms with Gasteiger partial charge in [0.25, 0.3) is 5.91 Å². The van der Waals surface area contributed by atoms with Crippen molar-refractivity contribution in [2.45, 2.75) is 17.6 Å². The van der Waals surface area contributed by atoms with Crippen molar-refractivity contribution in [3.05, 3.63) is 41.7 Å². The molecule has 0 unspecified atom stereocenters. The summed E-state index contributed by atoms with van der Waals surface area (Å²) in [5, 5.41) is 0. The standard InChI is InChI=1S/C11H12N2O3S/c1-7-10(2-3-15-7)17-6-9-4-8(5-16-9)11(14)13-12/h2-5H,6,12H2,1H3,(H,13,14). The summed E-state index contributed by atoms with van der Waals surface area (Å²) < 4.78 is 10.4. The number of hydrogen-bond donors (Lipinski definition) is 2. The molecule has 0 aliphatic carbocycles. The maximum Gasteiger partial charge on any atom is 0.268 e. The summed E-state index contributed by atoms with van der Waals surface area (Å²) in [6, 6.07) is 3.57. The molecule has 2 aromatic heterocycles. The first kappa shape index (κ1) is 11.8. The molecule has 0 atom stereocenters. The molecular weight excluding hydrogens is 240 g/mol. The van der Waals surface area contributed by atoms with Crippen molar-refractivity contribution in [3.63, 3.8) is 0 Å². The van der Waals surface area contributed by atoms with Crippen LogP contribution in [-0.4, -0.2) is 5.91 Å². The third-order valence-electron chi connectivity index (χ3n) is 2.23. The summed E-state index contributed by atoms with van der Waals surface area (Å²) in [7, 11) is 0. The monoisotopic (exact) mass is 252 g/mol. The van der Waals surface area contributed by atoms with E-state index < -0.39 is 0 Å². The molecule has 17 heavy (non-hydrogen) atoms. The highest BCUT2D eigenvalue weighted by atomic mass is 32.2. The number of nitrogens with two attached hydrogens (primary N) is 1. The van der Waals surface area contributed by atoms with E-state index in [4.69, 9.17) is 14.7 Å². The molecule has 5 nitrogen and oxygen atoms in total. The Balaban J connectivity index is 1.98. The predicted molar refractivity (Wildman–Crippen MR) is 63.4 cm³/mol. The minimum Gasteiger partial charge on any atom is -0.468 e. The average molecular weight is 252 g/mol. The van der Waals surface area contributed by atoms with Gasteiger partial charge < -0.3 is 8.83 Å². The van der Waals surface area contributed by atoms with E-state index >= 15 is 0 Å². The molecule has 0 aliphatic rings. The third kappa shape index (κ3) is 2.72. The van der Waals surface area contributed by atoms with Gasteiger partial charge in [-0.15, -0.1) is 11.8 Å². The van der Waals surface area contributed by atoms with Crippen molar-refractivity contribution in [3.8, 4) is 0 Å². The molecule has 0 radical (unpaired) electrons. The fraction of sp³-hybridized carbons (Fsp3) is 0.182. The Kier molecular flexibility index (Phi) is 3.55. The zero-order valence-electron chi connectivity index (χ0n) is 9.23. The minimum absolute atomic E-state index is 0.357. The highest BCUT2D eigenvalue weighted by Crippen LogP contribution is 2.27. The number of carbonyl (C=O) groups excluding carboxylic acids is 1. The minimum atomic E-state index is -0.357. The molecule has 2 aromatic rings. The van der Waals surface area contributed by atoms with Crippen molar-refractivity contribution in [2.24, 2.45) is 5.84 Å². The predicted octanol–water partition coefficient (Wildman–Crippen LogP) is 2.08. The maximum absolute atomic E-state index is 11.2. The van der Waals surface area contributed by atoms with Crippen molar-refractivity contribution in [1.82, 2.24) is 5.43 Å². The van der Waals surface area contributed by atoms with Crippen LogP contribution in [0.15, 0.2) is 38.4 Å². The largest absolute Gasteiger partial charge is 0.468 e. The molecule has 0 aromatic carbocycles. The van der Waals surface area contributed by atoms with Gasteiger partial charge in [0.15, 0.2) is 0 Å². The second kappa shape index (κ2) is 5.11. The molecule has 2 heterocycles. The van der Waals surface area contributed by atoms with Gasteiger partial charge in [-0.2, -0.15) is 0 Å². The first-order valence-electron chi connectivity index (χ1n) is 4.96. The topological polar surface area (TPSA) is 81.4 Å². The molecule has 1 amide bonds. The van der Waals surface area contributed by atoms with E-state index in [2.05, 4.69) is 5.43 Å². The highest BCUT2D eigenvalue weighted by Gasteiger charge is 2.10. The van der Waals surface area contributed by atoms with Crippen LogP contribution in [0.4, 0.5) is 0 Å². The lowest BCUT2D eigenvalue weighted by molar-refractivity contribution is 0.0953. The molecule has 3 N–H and O–H groups in total. The van der Waals surface area contributed by atoms with Gasteiger partial charge in [-0.05, 0) is 19.1 Å². The molecular formula is C11H12N2O3S. The van der Waals surface area contributed by atoms with Gasteiger partial charge in [0.2, 0.25) is 0 Å². The maximum atomic E-state index is 11.2. The van der Waals surface area contributed by atoms with Crippen LogP contribution in [0.1, 0.15) is 21.9 Å². The van der Waals surface area contributed by atoms with Gasteiger partial charge in [0.05, 0.1) is 17.6 Å². The van der Waals surface area contributed by atoms with Crippen LogP contribution in [0.2, 0.25) is 0 Å². The molecule has 6 heteroatoms. The molecule has 0 bridgehead atoms. The zero-order valence-corrected chi connectivity index (χ0v) is 10.0.